The molecule has 0 amide bonds. The highest BCUT2D eigenvalue weighted by molar-refractivity contribution is 5.74. The fourth-order valence-electron chi connectivity index (χ4n) is 1.66. The molecule has 0 fully saturated rings. The Morgan fingerprint density at radius 1 is 1.20 bits per heavy atom. The van der Waals surface area contributed by atoms with Crippen molar-refractivity contribution < 1.29 is 9.53 Å². The van der Waals surface area contributed by atoms with Gasteiger partial charge < -0.3 is 9.64 Å². The van der Waals surface area contributed by atoms with Crippen molar-refractivity contribution >= 4 is 11.9 Å². The predicted octanol–water partition coefficient (Wildman–Crippen LogP) is 1.54. The topological polar surface area (TPSA) is 68.2 Å². The van der Waals surface area contributed by atoms with Gasteiger partial charge in [-0.2, -0.15) is 0 Å². The van der Waals surface area contributed by atoms with Gasteiger partial charge in [0.25, 0.3) is 0 Å². The van der Waals surface area contributed by atoms with Crippen LogP contribution in [0.2, 0.25) is 0 Å². The maximum Gasteiger partial charge on any atom is 0.325 e. The van der Waals surface area contributed by atoms with Gasteiger partial charge in [-0.3, -0.25) is 9.78 Å². The van der Waals surface area contributed by atoms with Crippen molar-refractivity contribution in [2.75, 3.05) is 25.1 Å². The van der Waals surface area contributed by atoms with Crippen LogP contribution < -0.4 is 4.90 Å². The highest BCUT2D eigenvalue weighted by Crippen LogP contribution is 2.15. The van der Waals surface area contributed by atoms with Crippen LogP contribution in [0.15, 0.2) is 36.7 Å². The van der Waals surface area contributed by atoms with Crippen LogP contribution in [-0.2, 0) is 9.53 Å². The molecule has 0 spiro atoms. The van der Waals surface area contributed by atoms with E-state index in [-0.39, 0.29) is 12.5 Å². The molecule has 20 heavy (non-hydrogen) atoms. The van der Waals surface area contributed by atoms with Crippen LogP contribution >= 0.6 is 0 Å². The zero-order chi connectivity index (χ0) is 14.4. The minimum Gasteiger partial charge on any atom is -0.465 e. The third-order valence-corrected chi connectivity index (χ3v) is 2.58. The second kappa shape index (κ2) is 6.60. The van der Waals surface area contributed by atoms with Gasteiger partial charge >= 0.3 is 5.97 Å². The Bertz CT molecular complexity index is 574. The number of anilines is 1. The number of hydrogen-bond donors (Lipinski definition) is 0. The molecule has 0 aliphatic carbocycles. The first-order valence-electron chi connectivity index (χ1n) is 6.32. The Kier molecular flexibility index (Phi) is 4.60. The van der Waals surface area contributed by atoms with E-state index in [1.54, 1.807) is 37.3 Å². The third kappa shape index (κ3) is 3.50. The second-order valence-electron chi connectivity index (χ2n) is 4.12. The van der Waals surface area contributed by atoms with Crippen molar-refractivity contribution in [3.05, 3.63) is 36.7 Å². The number of rotatable bonds is 5. The number of carbonyl (C=O) groups excluding carboxylic acids is 1. The number of ether oxygens (including phenoxy) is 1. The minimum absolute atomic E-state index is 0.111. The molecular formula is C14H16N4O2. The number of carbonyl (C=O) groups is 1. The van der Waals surface area contributed by atoms with Gasteiger partial charge in [-0.05, 0) is 25.1 Å². The van der Waals surface area contributed by atoms with Gasteiger partial charge in [0.05, 0.1) is 18.0 Å². The lowest BCUT2D eigenvalue weighted by Gasteiger charge is -2.16. The van der Waals surface area contributed by atoms with Crippen LogP contribution in [0.25, 0.3) is 11.4 Å². The lowest BCUT2D eigenvalue weighted by molar-refractivity contribution is -0.141. The minimum atomic E-state index is -0.304. The van der Waals surface area contributed by atoms with E-state index in [9.17, 15) is 4.79 Å². The molecule has 0 atom stereocenters. The molecule has 2 heterocycles. The molecule has 2 aromatic rings. The van der Waals surface area contributed by atoms with Gasteiger partial charge in [-0.25, -0.2) is 9.97 Å². The molecule has 2 aromatic heterocycles. The molecule has 2 rings (SSSR count). The van der Waals surface area contributed by atoms with E-state index >= 15 is 0 Å². The monoisotopic (exact) mass is 272 g/mol. The van der Waals surface area contributed by atoms with E-state index in [1.165, 1.54) is 0 Å². The summed E-state index contributed by atoms with van der Waals surface area (Å²) >= 11 is 0. The highest BCUT2D eigenvalue weighted by atomic mass is 16.5. The summed E-state index contributed by atoms with van der Waals surface area (Å²) in [6.45, 7) is 2.25. The average Bonchev–Trinajstić information content (AvgIpc) is 2.48. The Morgan fingerprint density at radius 2 is 2.05 bits per heavy atom. The lowest BCUT2D eigenvalue weighted by atomic mass is 10.2. The van der Waals surface area contributed by atoms with Crippen LogP contribution in [0, 0.1) is 0 Å². The van der Waals surface area contributed by atoms with Crippen molar-refractivity contribution in [1.29, 1.82) is 0 Å². The first kappa shape index (κ1) is 13.9. The first-order chi connectivity index (χ1) is 9.70. The van der Waals surface area contributed by atoms with Crippen LogP contribution in [0.1, 0.15) is 6.92 Å². The largest absolute Gasteiger partial charge is 0.465 e. The Labute approximate surface area is 117 Å². The summed E-state index contributed by atoms with van der Waals surface area (Å²) < 4.78 is 4.90. The summed E-state index contributed by atoms with van der Waals surface area (Å²) in [4.78, 5) is 25.9. The maximum absolute atomic E-state index is 11.4. The average molecular weight is 272 g/mol. The molecule has 0 saturated heterocycles. The van der Waals surface area contributed by atoms with Crippen LogP contribution in [-0.4, -0.2) is 41.1 Å². The molecule has 104 valence electrons. The Hall–Kier alpha value is -2.50. The molecule has 0 N–H and O–H groups in total. The zero-order valence-corrected chi connectivity index (χ0v) is 11.5. The number of nitrogens with zero attached hydrogens (tertiary/aromatic N) is 4. The van der Waals surface area contributed by atoms with E-state index in [2.05, 4.69) is 15.0 Å². The fraction of sp³-hybridized carbons (Fsp3) is 0.286. The summed E-state index contributed by atoms with van der Waals surface area (Å²) in [7, 11) is 1.74. The van der Waals surface area contributed by atoms with E-state index < -0.39 is 0 Å². The maximum atomic E-state index is 11.4. The number of hydrogen-bond acceptors (Lipinski definition) is 6. The van der Waals surface area contributed by atoms with Gasteiger partial charge in [0.1, 0.15) is 6.54 Å². The van der Waals surface area contributed by atoms with E-state index in [1.807, 2.05) is 18.2 Å². The van der Waals surface area contributed by atoms with Crippen molar-refractivity contribution in [3.63, 3.8) is 0 Å². The fourth-order valence-corrected chi connectivity index (χ4v) is 1.66. The van der Waals surface area contributed by atoms with Gasteiger partial charge in [0.2, 0.25) is 5.95 Å². The zero-order valence-electron chi connectivity index (χ0n) is 11.5. The molecule has 0 saturated carbocycles. The normalized spacial score (nSPS) is 10.1. The van der Waals surface area contributed by atoms with Gasteiger partial charge in [0.15, 0.2) is 0 Å². The quantitative estimate of drug-likeness (QED) is 0.769. The van der Waals surface area contributed by atoms with Gasteiger partial charge in [-0.15, -0.1) is 0 Å². The van der Waals surface area contributed by atoms with Crippen LogP contribution in [0.5, 0.6) is 0 Å². The van der Waals surface area contributed by atoms with Gasteiger partial charge in [0, 0.05) is 19.4 Å². The van der Waals surface area contributed by atoms with Crippen LogP contribution in [0.3, 0.4) is 0 Å². The number of likely N-dealkylation sites (N-methyl/N-ethyl adjacent to an activating group) is 1. The second-order valence-corrected chi connectivity index (χ2v) is 4.12. The highest BCUT2D eigenvalue weighted by Gasteiger charge is 2.11. The molecule has 0 aromatic carbocycles. The summed E-state index contributed by atoms with van der Waals surface area (Å²) in [5.74, 6) is 0.156. The van der Waals surface area contributed by atoms with Crippen molar-refractivity contribution in [2.24, 2.45) is 0 Å². The Balaban J connectivity index is 2.15. The van der Waals surface area contributed by atoms with Crippen LogP contribution in [0.4, 0.5) is 5.95 Å². The SMILES string of the molecule is CCOC(=O)CN(C)c1nccc(-c2ccccn2)n1. The number of aromatic nitrogens is 3. The lowest BCUT2D eigenvalue weighted by Crippen LogP contribution is -2.28. The van der Waals surface area contributed by atoms with Crippen molar-refractivity contribution in [1.82, 2.24) is 15.0 Å². The van der Waals surface area contributed by atoms with Crippen molar-refractivity contribution in [3.8, 4) is 11.4 Å². The smallest absolute Gasteiger partial charge is 0.325 e. The number of esters is 1. The summed E-state index contributed by atoms with van der Waals surface area (Å²) in [5, 5.41) is 0. The molecule has 6 heteroatoms. The number of pyridine rings is 1. The third-order valence-electron chi connectivity index (χ3n) is 2.58. The molecule has 0 unspecified atom stereocenters. The summed E-state index contributed by atoms with van der Waals surface area (Å²) in [5.41, 5.74) is 1.48. The van der Waals surface area contributed by atoms with E-state index in [4.69, 9.17) is 4.74 Å². The molecule has 0 bridgehead atoms. The van der Waals surface area contributed by atoms with E-state index in [0.717, 1.165) is 5.69 Å². The van der Waals surface area contributed by atoms with Gasteiger partial charge in [-0.1, -0.05) is 6.07 Å². The molecule has 0 aliphatic rings. The first-order valence-corrected chi connectivity index (χ1v) is 6.32. The molecule has 0 radical (unpaired) electrons. The summed E-state index contributed by atoms with van der Waals surface area (Å²) in [6.07, 6.45) is 3.35. The van der Waals surface area contributed by atoms with E-state index in [0.29, 0.717) is 18.2 Å². The summed E-state index contributed by atoms with van der Waals surface area (Å²) in [6, 6.07) is 7.40. The molecule has 6 nitrogen and oxygen atoms in total. The Morgan fingerprint density at radius 3 is 2.75 bits per heavy atom. The van der Waals surface area contributed by atoms with Crippen molar-refractivity contribution in [2.45, 2.75) is 6.92 Å². The standard InChI is InChI=1S/C14H16N4O2/c1-3-20-13(19)10-18(2)14-16-9-7-12(17-14)11-6-4-5-8-15-11/h4-9H,3,10H2,1-2H3. The molecule has 0 aliphatic heterocycles. The predicted molar refractivity (Wildman–Crippen MR) is 75.2 cm³/mol. The molecular weight excluding hydrogens is 256 g/mol.